The minimum Gasteiger partial charge on any atom is -0.497 e. The lowest BCUT2D eigenvalue weighted by atomic mass is 10.0. The maximum absolute atomic E-state index is 13.2. The first-order valence-corrected chi connectivity index (χ1v) is 11.7. The lowest BCUT2D eigenvalue weighted by Gasteiger charge is -2.34. The number of hydrogen-bond donors (Lipinski definition) is 1. The molecule has 2 aliphatic heterocycles. The van der Waals surface area contributed by atoms with Gasteiger partial charge in [-0.15, -0.1) is 5.10 Å². The molecule has 2 aliphatic rings. The number of rotatable bonds is 5. The SMILES string of the molecule is COc1ccc(C(=O)N2CCC3(C2)Cn2nnc(CNC(=O)c4cccc(C)c4)c2CO3)c(C)c1. The van der Waals surface area contributed by atoms with Crippen LogP contribution in [-0.2, 0) is 24.4 Å². The molecule has 2 aromatic carbocycles. The van der Waals surface area contributed by atoms with Crippen molar-refractivity contribution in [1.29, 1.82) is 0 Å². The Bertz CT molecular complexity index is 1290. The maximum atomic E-state index is 13.2. The Morgan fingerprint density at radius 1 is 1.17 bits per heavy atom. The van der Waals surface area contributed by atoms with Crippen LogP contribution in [0, 0.1) is 13.8 Å². The third-order valence-corrected chi connectivity index (χ3v) is 6.84. The van der Waals surface area contributed by atoms with Gasteiger partial charge in [-0.1, -0.05) is 22.9 Å². The van der Waals surface area contributed by atoms with Crippen LogP contribution < -0.4 is 10.1 Å². The molecule has 1 saturated heterocycles. The lowest BCUT2D eigenvalue weighted by molar-refractivity contribution is -0.0828. The van der Waals surface area contributed by atoms with Gasteiger partial charge in [-0.25, -0.2) is 4.68 Å². The van der Waals surface area contributed by atoms with Gasteiger partial charge in [0.15, 0.2) is 0 Å². The molecule has 1 N–H and O–H groups in total. The van der Waals surface area contributed by atoms with Crippen LogP contribution in [0.25, 0.3) is 0 Å². The van der Waals surface area contributed by atoms with E-state index in [1.54, 1.807) is 13.2 Å². The van der Waals surface area contributed by atoms with Crippen LogP contribution in [0.2, 0.25) is 0 Å². The third-order valence-electron chi connectivity index (χ3n) is 6.84. The summed E-state index contributed by atoms with van der Waals surface area (Å²) in [6.45, 7) is 6.12. The number of ether oxygens (including phenoxy) is 2. The summed E-state index contributed by atoms with van der Waals surface area (Å²) < 4.78 is 13.4. The highest BCUT2D eigenvalue weighted by atomic mass is 16.5. The van der Waals surface area contributed by atoms with E-state index in [4.69, 9.17) is 9.47 Å². The molecule has 0 radical (unpaired) electrons. The first-order valence-electron chi connectivity index (χ1n) is 11.7. The molecule has 1 atom stereocenters. The van der Waals surface area contributed by atoms with Crippen LogP contribution in [0.5, 0.6) is 5.75 Å². The smallest absolute Gasteiger partial charge is 0.254 e. The van der Waals surface area contributed by atoms with Gasteiger partial charge in [-0.3, -0.25) is 9.59 Å². The molecule has 9 heteroatoms. The van der Waals surface area contributed by atoms with Crippen molar-refractivity contribution in [2.45, 2.75) is 45.6 Å². The summed E-state index contributed by atoms with van der Waals surface area (Å²) in [6, 6.07) is 13.0. The fourth-order valence-corrected chi connectivity index (χ4v) is 4.82. The van der Waals surface area contributed by atoms with Crippen molar-refractivity contribution in [2.24, 2.45) is 0 Å². The van der Waals surface area contributed by atoms with Crippen molar-refractivity contribution in [3.8, 4) is 5.75 Å². The highest BCUT2D eigenvalue weighted by molar-refractivity contribution is 5.96. The van der Waals surface area contributed by atoms with Crippen LogP contribution >= 0.6 is 0 Å². The second-order valence-electron chi connectivity index (χ2n) is 9.32. The van der Waals surface area contributed by atoms with E-state index in [2.05, 4.69) is 15.6 Å². The predicted octanol–water partition coefficient (Wildman–Crippen LogP) is 2.65. The Labute approximate surface area is 204 Å². The van der Waals surface area contributed by atoms with Crippen LogP contribution in [0.3, 0.4) is 0 Å². The number of fused-ring (bicyclic) bond motifs is 1. The highest BCUT2D eigenvalue weighted by Gasteiger charge is 2.45. The monoisotopic (exact) mass is 475 g/mol. The predicted molar refractivity (Wildman–Crippen MR) is 128 cm³/mol. The van der Waals surface area contributed by atoms with Gasteiger partial charge >= 0.3 is 0 Å². The van der Waals surface area contributed by atoms with E-state index in [-0.39, 0.29) is 18.4 Å². The molecule has 182 valence electrons. The van der Waals surface area contributed by atoms with Crippen molar-refractivity contribution < 1.29 is 19.1 Å². The number of aromatic nitrogens is 3. The van der Waals surface area contributed by atoms with Crippen LogP contribution in [0.1, 0.15) is 49.7 Å². The highest BCUT2D eigenvalue weighted by Crippen LogP contribution is 2.34. The Morgan fingerprint density at radius 3 is 2.80 bits per heavy atom. The number of carbonyl (C=O) groups excluding carboxylic acids is 2. The van der Waals surface area contributed by atoms with E-state index in [0.717, 1.165) is 29.0 Å². The van der Waals surface area contributed by atoms with Gasteiger partial charge in [0.1, 0.15) is 17.0 Å². The van der Waals surface area contributed by atoms with Crippen molar-refractivity contribution >= 4 is 11.8 Å². The fourth-order valence-electron chi connectivity index (χ4n) is 4.82. The summed E-state index contributed by atoms with van der Waals surface area (Å²) in [7, 11) is 1.61. The number of likely N-dealkylation sites (tertiary alicyclic amines) is 1. The topological polar surface area (TPSA) is 98.6 Å². The minimum atomic E-state index is -0.487. The standard InChI is InChI=1S/C26H29N5O4/c1-17-5-4-6-19(11-17)24(32)27-13-22-23-14-35-26(16-31(23)29-28-22)9-10-30(15-26)25(33)21-8-7-20(34-3)12-18(21)2/h4-8,11-12H,9-10,13-16H2,1-3H3,(H,27,32). The molecule has 1 aromatic heterocycles. The molecule has 1 spiro atoms. The van der Waals surface area contributed by atoms with Crippen molar-refractivity contribution in [1.82, 2.24) is 25.2 Å². The number of methoxy groups -OCH3 is 1. The molecule has 1 fully saturated rings. The normalized spacial score (nSPS) is 19.0. The molecule has 9 nitrogen and oxygen atoms in total. The number of aryl methyl sites for hydroxylation is 2. The summed E-state index contributed by atoms with van der Waals surface area (Å²) in [4.78, 5) is 27.5. The molecule has 0 aliphatic carbocycles. The van der Waals surface area contributed by atoms with Gasteiger partial charge in [0.05, 0.1) is 39.0 Å². The van der Waals surface area contributed by atoms with Gasteiger partial charge in [0.25, 0.3) is 11.8 Å². The van der Waals surface area contributed by atoms with Gasteiger partial charge in [0, 0.05) is 17.7 Å². The fraction of sp³-hybridized carbons (Fsp3) is 0.385. The Hall–Kier alpha value is -3.72. The van der Waals surface area contributed by atoms with Gasteiger partial charge in [0.2, 0.25) is 0 Å². The third kappa shape index (κ3) is 4.51. The lowest BCUT2D eigenvalue weighted by Crippen LogP contribution is -2.45. The first-order chi connectivity index (χ1) is 16.9. The Morgan fingerprint density at radius 2 is 2.03 bits per heavy atom. The zero-order chi connectivity index (χ0) is 24.6. The van der Waals surface area contributed by atoms with E-state index >= 15 is 0 Å². The Kier molecular flexibility index (Phi) is 6.02. The van der Waals surface area contributed by atoms with Crippen LogP contribution in [0.15, 0.2) is 42.5 Å². The summed E-state index contributed by atoms with van der Waals surface area (Å²) in [5, 5.41) is 11.5. The number of nitrogens with one attached hydrogen (secondary N) is 1. The molecule has 3 heterocycles. The second kappa shape index (κ2) is 9.14. The number of nitrogens with zero attached hydrogens (tertiary/aromatic N) is 4. The molecule has 3 aromatic rings. The minimum absolute atomic E-state index is 0.00503. The van der Waals surface area contributed by atoms with E-state index in [9.17, 15) is 9.59 Å². The number of carbonyl (C=O) groups is 2. The largest absolute Gasteiger partial charge is 0.497 e. The molecule has 2 amide bonds. The molecule has 0 saturated carbocycles. The van der Waals surface area contributed by atoms with E-state index in [1.165, 1.54) is 0 Å². The van der Waals surface area contributed by atoms with E-state index in [0.29, 0.717) is 43.1 Å². The van der Waals surface area contributed by atoms with E-state index < -0.39 is 5.60 Å². The molecule has 0 bridgehead atoms. The van der Waals surface area contributed by atoms with Gasteiger partial charge < -0.3 is 19.7 Å². The van der Waals surface area contributed by atoms with Crippen molar-refractivity contribution in [2.75, 3.05) is 20.2 Å². The summed E-state index contributed by atoms with van der Waals surface area (Å²) in [5.41, 5.74) is 4.27. The molecular weight excluding hydrogens is 446 g/mol. The molecule has 1 unspecified atom stereocenters. The van der Waals surface area contributed by atoms with Gasteiger partial charge in [-0.2, -0.15) is 0 Å². The average Bonchev–Trinajstić information content (AvgIpc) is 3.46. The number of hydrogen-bond acceptors (Lipinski definition) is 6. The van der Waals surface area contributed by atoms with Gasteiger partial charge in [-0.05, 0) is 56.2 Å². The number of amides is 2. The van der Waals surface area contributed by atoms with Crippen LogP contribution in [0.4, 0.5) is 0 Å². The molecule has 5 rings (SSSR count). The number of benzene rings is 2. The quantitative estimate of drug-likeness (QED) is 0.609. The molecular formula is C26H29N5O4. The Balaban J connectivity index is 1.23. The zero-order valence-electron chi connectivity index (χ0n) is 20.2. The van der Waals surface area contributed by atoms with Crippen molar-refractivity contribution in [3.05, 3.63) is 76.1 Å². The first kappa shape index (κ1) is 23.0. The molecule has 35 heavy (non-hydrogen) atoms. The average molecular weight is 476 g/mol. The summed E-state index contributed by atoms with van der Waals surface area (Å²) in [6.07, 6.45) is 0.729. The van der Waals surface area contributed by atoms with Crippen molar-refractivity contribution in [3.63, 3.8) is 0 Å². The summed E-state index contributed by atoms with van der Waals surface area (Å²) >= 11 is 0. The van der Waals surface area contributed by atoms with E-state index in [1.807, 2.05) is 59.8 Å². The second-order valence-corrected chi connectivity index (χ2v) is 9.32. The summed E-state index contributed by atoms with van der Waals surface area (Å²) in [5.74, 6) is 0.578. The zero-order valence-corrected chi connectivity index (χ0v) is 20.2. The van der Waals surface area contributed by atoms with Crippen LogP contribution in [-0.4, -0.2) is 57.5 Å². The maximum Gasteiger partial charge on any atom is 0.254 e.